The van der Waals surface area contributed by atoms with Gasteiger partial charge in [-0.1, -0.05) is 17.7 Å². The molecule has 0 bridgehead atoms. The maximum atomic E-state index is 12.5. The van der Waals surface area contributed by atoms with Gasteiger partial charge in [0.25, 0.3) is 0 Å². The van der Waals surface area contributed by atoms with Crippen molar-refractivity contribution in [1.29, 1.82) is 0 Å². The highest BCUT2D eigenvalue weighted by Crippen LogP contribution is 2.29. The van der Waals surface area contributed by atoms with Gasteiger partial charge in [-0.25, -0.2) is 31.9 Å². The van der Waals surface area contributed by atoms with Crippen LogP contribution in [0.5, 0.6) is 0 Å². The molecule has 0 aliphatic rings. The van der Waals surface area contributed by atoms with Crippen LogP contribution in [0, 0.1) is 0 Å². The fraction of sp³-hybridized carbons (Fsp3) is 0.333. The maximum Gasteiger partial charge on any atom is 0.238 e. The van der Waals surface area contributed by atoms with Crippen molar-refractivity contribution in [2.24, 2.45) is 5.14 Å². The second-order valence-electron chi connectivity index (χ2n) is 6.59. The van der Waals surface area contributed by atoms with Gasteiger partial charge in [-0.05, 0) is 38.5 Å². The molecule has 1 heterocycles. The number of nitrogens with one attached hydrogen (secondary N) is 1. The zero-order valence-electron chi connectivity index (χ0n) is 14.4. The summed E-state index contributed by atoms with van der Waals surface area (Å²) in [6.07, 6.45) is 1.22. The van der Waals surface area contributed by atoms with Gasteiger partial charge in [0.2, 0.25) is 10.0 Å². The molecule has 0 spiro atoms. The lowest BCUT2D eigenvalue weighted by molar-refractivity contribution is 0.559. The molecule has 0 amide bonds. The largest absolute Gasteiger partial charge is 0.340 e. The van der Waals surface area contributed by atoms with E-state index in [1.165, 1.54) is 30.6 Å². The monoisotopic (exact) mass is 418 g/mol. The Morgan fingerprint density at radius 1 is 1.12 bits per heavy atom. The molecular weight excluding hydrogens is 400 g/mol. The molecule has 0 saturated heterocycles. The zero-order valence-corrected chi connectivity index (χ0v) is 16.8. The van der Waals surface area contributed by atoms with Gasteiger partial charge < -0.3 is 5.32 Å². The highest BCUT2D eigenvalue weighted by atomic mass is 35.5. The van der Waals surface area contributed by atoms with E-state index in [0.29, 0.717) is 5.56 Å². The van der Waals surface area contributed by atoms with Crippen molar-refractivity contribution in [2.75, 3.05) is 5.32 Å². The van der Waals surface area contributed by atoms with E-state index in [-0.39, 0.29) is 27.3 Å². The highest BCUT2D eigenvalue weighted by Gasteiger charge is 2.30. The smallest absolute Gasteiger partial charge is 0.238 e. The fourth-order valence-corrected chi connectivity index (χ4v) is 3.72. The van der Waals surface area contributed by atoms with Gasteiger partial charge in [0.05, 0.1) is 15.4 Å². The predicted octanol–water partition coefficient (Wildman–Crippen LogP) is 2.23. The van der Waals surface area contributed by atoms with Gasteiger partial charge in [-0.2, -0.15) is 0 Å². The Morgan fingerprint density at radius 3 is 2.31 bits per heavy atom. The van der Waals surface area contributed by atoms with Gasteiger partial charge in [-0.3, -0.25) is 0 Å². The summed E-state index contributed by atoms with van der Waals surface area (Å²) in [5.74, 6) is -0.00583. The number of primary sulfonamides is 1. The number of sulfone groups is 1. The number of halogens is 1. The number of benzene rings is 1. The maximum absolute atomic E-state index is 12.5. The number of nitrogens with zero attached hydrogens (tertiary/aromatic N) is 2. The molecule has 0 aliphatic heterocycles. The van der Waals surface area contributed by atoms with Crippen molar-refractivity contribution in [1.82, 2.24) is 9.97 Å². The zero-order chi connectivity index (χ0) is 19.8. The summed E-state index contributed by atoms with van der Waals surface area (Å²) in [5, 5.41) is 8.22. The number of hydrogen-bond donors (Lipinski definition) is 2. The van der Waals surface area contributed by atoms with Gasteiger partial charge in [0.1, 0.15) is 17.3 Å². The lowest BCUT2D eigenvalue weighted by atomic mass is 10.2. The summed E-state index contributed by atoms with van der Waals surface area (Å²) in [6, 6.07) is 5.36. The first-order valence-corrected chi connectivity index (χ1v) is 11.0. The van der Waals surface area contributed by atoms with Crippen molar-refractivity contribution in [3.63, 3.8) is 0 Å². The van der Waals surface area contributed by atoms with Crippen LogP contribution in [-0.2, 0) is 25.6 Å². The van der Waals surface area contributed by atoms with E-state index in [1.54, 1.807) is 20.8 Å². The summed E-state index contributed by atoms with van der Waals surface area (Å²) in [6.45, 7) is 4.79. The van der Waals surface area contributed by atoms with Crippen LogP contribution in [0.2, 0.25) is 5.15 Å². The molecule has 2 aromatic rings. The second-order valence-corrected chi connectivity index (χ2v) is 11.3. The van der Waals surface area contributed by atoms with Crippen LogP contribution in [-0.4, -0.2) is 31.6 Å². The molecule has 3 N–H and O–H groups in total. The number of nitrogens with two attached hydrogens (primary N) is 1. The van der Waals surface area contributed by atoms with E-state index in [1.807, 2.05) is 0 Å². The minimum absolute atomic E-state index is 0.156. The van der Waals surface area contributed by atoms with Crippen LogP contribution >= 0.6 is 11.6 Å². The van der Waals surface area contributed by atoms with E-state index >= 15 is 0 Å². The molecule has 1 aromatic heterocycles. The molecule has 1 aromatic carbocycles. The van der Waals surface area contributed by atoms with Crippen LogP contribution < -0.4 is 10.5 Å². The SMILES string of the molecule is CC(C)(C)S(=O)(=O)Cc1ccc(S(N)(=O)=O)cc1Nc1cc(Cl)ncn1. The molecule has 11 heteroatoms. The number of rotatable bonds is 5. The summed E-state index contributed by atoms with van der Waals surface area (Å²) in [5.41, 5.74) is 0.626. The van der Waals surface area contributed by atoms with E-state index < -0.39 is 24.6 Å². The lowest BCUT2D eigenvalue weighted by Crippen LogP contribution is -2.29. The molecule has 0 saturated carbocycles. The average Bonchev–Trinajstić information content (AvgIpc) is 2.46. The highest BCUT2D eigenvalue weighted by molar-refractivity contribution is 7.92. The third kappa shape index (κ3) is 4.91. The summed E-state index contributed by atoms with van der Waals surface area (Å²) in [4.78, 5) is 7.58. The first-order chi connectivity index (χ1) is 11.8. The summed E-state index contributed by atoms with van der Waals surface area (Å²) in [7, 11) is -7.46. The minimum atomic E-state index is -3.96. The fourth-order valence-electron chi connectivity index (χ4n) is 1.94. The van der Waals surface area contributed by atoms with E-state index in [2.05, 4.69) is 15.3 Å². The van der Waals surface area contributed by atoms with Crippen LogP contribution in [0.15, 0.2) is 35.5 Å². The molecular formula is C15H19ClN4O4S2. The Balaban J connectivity index is 2.54. The number of anilines is 2. The Labute approximate surface area is 157 Å². The van der Waals surface area contributed by atoms with Crippen LogP contribution in [0.3, 0.4) is 0 Å². The molecule has 0 radical (unpaired) electrons. The normalized spacial score (nSPS) is 12.8. The Kier molecular flexibility index (Phi) is 5.62. The van der Waals surface area contributed by atoms with Crippen molar-refractivity contribution < 1.29 is 16.8 Å². The first kappa shape index (κ1) is 20.6. The molecule has 0 fully saturated rings. The Hall–Kier alpha value is -1.75. The van der Waals surface area contributed by atoms with Gasteiger partial charge in [0, 0.05) is 11.8 Å². The minimum Gasteiger partial charge on any atom is -0.340 e. The van der Waals surface area contributed by atoms with E-state index in [4.69, 9.17) is 16.7 Å². The number of sulfonamides is 1. The van der Waals surface area contributed by atoms with Gasteiger partial charge in [0.15, 0.2) is 9.84 Å². The molecule has 26 heavy (non-hydrogen) atoms. The van der Waals surface area contributed by atoms with Crippen molar-refractivity contribution >= 4 is 43.0 Å². The molecule has 2 rings (SSSR count). The lowest BCUT2D eigenvalue weighted by Gasteiger charge is -2.21. The van der Waals surface area contributed by atoms with E-state index in [9.17, 15) is 16.8 Å². The van der Waals surface area contributed by atoms with Crippen LogP contribution in [0.25, 0.3) is 0 Å². The van der Waals surface area contributed by atoms with Crippen molar-refractivity contribution in [3.8, 4) is 0 Å². The average molecular weight is 419 g/mol. The van der Waals surface area contributed by atoms with Gasteiger partial charge in [-0.15, -0.1) is 0 Å². The van der Waals surface area contributed by atoms with Crippen molar-refractivity contribution in [3.05, 3.63) is 41.3 Å². The Morgan fingerprint density at radius 2 is 1.77 bits per heavy atom. The van der Waals surface area contributed by atoms with Crippen LogP contribution in [0.1, 0.15) is 26.3 Å². The topological polar surface area (TPSA) is 132 Å². The second kappa shape index (κ2) is 7.10. The molecule has 0 aliphatic carbocycles. The quantitative estimate of drug-likeness (QED) is 0.711. The van der Waals surface area contributed by atoms with Gasteiger partial charge >= 0.3 is 0 Å². The molecule has 0 atom stereocenters. The predicted molar refractivity (Wildman–Crippen MR) is 101 cm³/mol. The third-order valence-electron chi connectivity index (χ3n) is 3.58. The number of aromatic nitrogens is 2. The Bertz CT molecular complexity index is 1030. The first-order valence-electron chi connectivity index (χ1n) is 7.42. The number of hydrogen-bond acceptors (Lipinski definition) is 7. The van der Waals surface area contributed by atoms with Crippen molar-refractivity contribution in [2.45, 2.75) is 36.2 Å². The molecule has 0 unspecified atom stereocenters. The van der Waals surface area contributed by atoms with E-state index in [0.717, 1.165) is 0 Å². The molecule has 142 valence electrons. The molecule has 8 nitrogen and oxygen atoms in total. The summed E-state index contributed by atoms with van der Waals surface area (Å²) < 4.78 is 47.4. The summed E-state index contributed by atoms with van der Waals surface area (Å²) >= 11 is 5.82. The van der Waals surface area contributed by atoms with Crippen LogP contribution in [0.4, 0.5) is 11.5 Å². The standard InChI is InChI=1S/C15H19ClN4O4S2/c1-15(2,3)25(21,22)8-10-4-5-11(26(17,23)24)6-12(10)20-14-7-13(16)18-9-19-14/h4-7,9H,8H2,1-3H3,(H2,17,23,24)(H,18,19,20). The third-order valence-corrected chi connectivity index (χ3v) is 7.26.